The van der Waals surface area contributed by atoms with Crippen molar-refractivity contribution in [2.45, 2.75) is 33.2 Å². The lowest BCUT2D eigenvalue weighted by Crippen LogP contribution is -2.19. The third-order valence-electron chi connectivity index (χ3n) is 3.29. The third kappa shape index (κ3) is 3.04. The molecule has 2 nitrogen and oxygen atoms in total. The molecule has 1 unspecified atom stereocenters. The first kappa shape index (κ1) is 13.8. The summed E-state index contributed by atoms with van der Waals surface area (Å²) in [7, 11) is 0. The van der Waals surface area contributed by atoms with Crippen LogP contribution in [0.5, 0.6) is 0 Å². The van der Waals surface area contributed by atoms with Crippen LogP contribution >= 0.6 is 0 Å². The van der Waals surface area contributed by atoms with E-state index in [0.717, 1.165) is 24.3 Å². The minimum Gasteiger partial charge on any atom is -0.459 e. The van der Waals surface area contributed by atoms with Gasteiger partial charge in [-0.3, -0.25) is 0 Å². The van der Waals surface area contributed by atoms with E-state index in [4.69, 9.17) is 4.42 Å². The van der Waals surface area contributed by atoms with Gasteiger partial charge in [0.15, 0.2) is 0 Å². The van der Waals surface area contributed by atoms with Gasteiger partial charge >= 0.3 is 0 Å². The molecule has 0 radical (unpaired) electrons. The minimum absolute atomic E-state index is 0.200. The normalized spacial score (nSPS) is 12.6. The first-order valence-electron chi connectivity index (χ1n) is 6.75. The van der Waals surface area contributed by atoms with Gasteiger partial charge in [-0.25, -0.2) is 4.39 Å². The molecular weight excluding hydrogens is 241 g/mol. The second-order valence-corrected chi connectivity index (χ2v) is 4.68. The van der Waals surface area contributed by atoms with Crippen molar-refractivity contribution in [3.8, 4) is 11.3 Å². The van der Waals surface area contributed by atoms with Gasteiger partial charge in [0.05, 0.1) is 6.04 Å². The summed E-state index contributed by atoms with van der Waals surface area (Å²) < 4.78 is 19.4. The van der Waals surface area contributed by atoms with E-state index >= 15 is 0 Å². The fourth-order valence-corrected chi connectivity index (χ4v) is 2.13. The molecule has 0 fully saturated rings. The molecule has 1 aromatic heterocycles. The molecule has 1 N–H and O–H groups in total. The second-order valence-electron chi connectivity index (χ2n) is 4.68. The number of furan rings is 1. The summed E-state index contributed by atoms with van der Waals surface area (Å²) >= 11 is 0. The van der Waals surface area contributed by atoms with E-state index in [9.17, 15) is 4.39 Å². The fourth-order valence-electron chi connectivity index (χ4n) is 2.13. The Hall–Kier alpha value is -1.61. The number of benzene rings is 1. The molecule has 0 bridgehead atoms. The van der Waals surface area contributed by atoms with Crippen molar-refractivity contribution in [2.75, 3.05) is 6.54 Å². The fraction of sp³-hybridized carbons (Fsp3) is 0.375. The van der Waals surface area contributed by atoms with E-state index in [-0.39, 0.29) is 11.9 Å². The van der Waals surface area contributed by atoms with Gasteiger partial charge in [0.2, 0.25) is 0 Å². The van der Waals surface area contributed by atoms with Crippen LogP contribution in [-0.2, 0) is 0 Å². The Morgan fingerprint density at radius 2 is 2.00 bits per heavy atom. The molecular formula is C16H20FNO. The van der Waals surface area contributed by atoms with Crippen molar-refractivity contribution in [3.05, 3.63) is 47.5 Å². The van der Waals surface area contributed by atoms with E-state index in [0.29, 0.717) is 11.3 Å². The summed E-state index contributed by atoms with van der Waals surface area (Å²) in [6, 6.07) is 9.26. The molecule has 0 aliphatic carbocycles. The molecule has 1 aromatic carbocycles. The zero-order valence-electron chi connectivity index (χ0n) is 11.7. The highest BCUT2D eigenvalue weighted by molar-refractivity contribution is 5.58. The number of hydrogen-bond acceptors (Lipinski definition) is 2. The van der Waals surface area contributed by atoms with Crippen LogP contribution in [0, 0.1) is 12.7 Å². The molecule has 102 valence electrons. The average molecular weight is 261 g/mol. The highest BCUT2D eigenvalue weighted by Crippen LogP contribution is 2.27. The van der Waals surface area contributed by atoms with E-state index in [1.807, 2.05) is 18.2 Å². The molecule has 1 atom stereocenters. The highest BCUT2D eigenvalue weighted by atomic mass is 19.1. The number of aryl methyl sites for hydroxylation is 1. The third-order valence-corrected chi connectivity index (χ3v) is 3.29. The minimum atomic E-state index is -0.200. The van der Waals surface area contributed by atoms with Gasteiger partial charge in [0, 0.05) is 5.56 Å². The number of nitrogens with one attached hydrogen (secondary N) is 1. The van der Waals surface area contributed by atoms with Gasteiger partial charge in [-0.15, -0.1) is 0 Å². The Morgan fingerprint density at radius 1 is 1.21 bits per heavy atom. The number of halogens is 1. The molecule has 1 heterocycles. The van der Waals surface area contributed by atoms with Crippen molar-refractivity contribution < 1.29 is 8.81 Å². The highest BCUT2D eigenvalue weighted by Gasteiger charge is 2.13. The Kier molecular flexibility index (Phi) is 4.38. The van der Waals surface area contributed by atoms with Gasteiger partial charge in [-0.05, 0) is 43.7 Å². The van der Waals surface area contributed by atoms with Gasteiger partial charge < -0.3 is 9.73 Å². The van der Waals surface area contributed by atoms with Gasteiger partial charge in [-0.1, -0.05) is 26.0 Å². The largest absolute Gasteiger partial charge is 0.459 e. The van der Waals surface area contributed by atoms with Crippen molar-refractivity contribution in [3.63, 3.8) is 0 Å². The Labute approximate surface area is 113 Å². The predicted octanol–water partition coefficient (Wildman–Crippen LogP) is 4.45. The average Bonchev–Trinajstić information content (AvgIpc) is 2.88. The monoisotopic (exact) mass is 261 g/mol. The standard InChI is InChI=1S/C16H20FNO/c1-4-14(18-5-2)16-9-8-15(19-16)12-7-6-11(3)13(17)10-12/h6-10,14,18H,4-5H2,1-3H3. The smallest absolute Gasteiger partial charge is 0.134 e. The molecule has 0 saturated heterocycles. The maximum Gasteiger partial charge on any atom is 0.134 e. The van der Waals surface area contributed by atoms with Gasteiger partial charge in [0.25, 0.3) is 0 Å². The summed E-state index contributed by atoms with van der Waals surface area (Å²) in [4.78, 5) is 0. The van der Waals surface area contributed by atoms with E-state index in [1.165, 1.54) is 6.07 Å². The van der Waals surface area contributed by atoms with Crippen LogP contribution in [0.1, 0.15) is 37.6 Å². The molecule has 2 rings (SSSR count). The maximum absolute atomic E-state index is 13.6. The quantitative estimate of drug-likeness (QED) is 0.860. The molecule has 2 aromatic rings. The zero-order chi connectivity index (χ0) is 13.8. The summed E-state index contributed by atoms with van der Waals surface area (Å²) in [5.74, 6) is 1.42. The van der Waals surface area contributed by atoms with Crippen molar-refractivity contribution in [2.24, 2.45) is 0 Å². The van der Waals surface area contributed by atoms with Crippen molar-refractivity contribution >= 4 is 0 Å². The van der Waals surface area contributed by atoms with E-state index in [1.54, 1.807) is 13.0 Å². The van der Waals surface area contributed by atoms with Crippen LogP contribution in [0.15, 0.2) is 34.7 Å². The summed E-state index contributed by atoms with van der Waals surface area (Å²) in [6.45, 7) is 6.83. The molecule has 0 aliphatic rings. The van der Waals surface area contributed by atoms with E-state index in [2.05, 4.69) is 19.2 Å². The van der Waals surface area contributed by atoms with Crippen LogP contribution in [0.25, 0.3) is 11.3 Å². The van der Waals surface area contributed by atoms with Crippen molar-refractivity contribution in [1.29, 1.82) is 0 Å². The predicted molar refractivity (Wildman–Crippen MR) is 75.5 cm³/mol. The number of rotatable bonds is 5. The first-order chi connectivity index (χ1) is 9.15. The summed E-state index contributed by atoms with van der Waals surface area (Å²) in [5.41, 5.74) is 1.43. The van der Waals surface area contributed by atoms with Crippen LogP contribution in [0.2, 0.25) is 0 Å². The van der Waals surface area contributed by atoms with E-state index < -0.39 is 0 Å². The zero-order valence-corrected chi connectivity index (χ0v) is 11.7. The molecule has 0 aliphatic heterocycles. The SMILES string of the molecule is CCNC(CC)c1ccc(-c2ccc(C)c(F)c2)o1. The lowest BCUT2D eigenvalue weighted by atomic mass is 10.1. The molecule has 19 heavy (non-hydrogen) atoms. The first-order valence-corrected chi connectivity index (χ1v) is 6.75. The lowest BCUT2D eigenvalue weighted by Gasteiger charge is -2.12. The Bertz CT molecular complexity index is 547. The van der Waals surface area contributed by atoms with Crippen LogP contribution in [0.3, 0.4) is 0 Å². The molecule has 0 spiro atoms. The molecule has 0 amide bonds. The van der Waals surface area contributed by atoms with Gasteiger partial charge in [0.1, 0.15) is 17.3 Å². The lowest BCUT2D eigenvalue weighted by molar-refractivity contribution is 0.417. The van der Waals surface area contributed by atoms with Crippen LogP contribution in [-0.4, -0.2) is 6.54 Å². The Morgan fingerprint density at radius 3 is 2.63 bits per heavy atom. The molecule has 3 heteroatoms. The second kappa shape index (κ2) is 6.02. The van der Waals surface area contributed by atoms with Crippen LogP contribution in [0.4, 0.5) is 4.39 Å². The maximum atomic E-state index is 13.6. The van der Waals surface area contributed by atoms with Gasteiger partial charge in [-0.2, -0.15) is 0 Å². The topological polar surface area (TPSA) is 25.2 Å². The van der Waals surface area contributed by atoms with Crippen molar-refractivity contribution in [1.82, 2.24) is 5.32 Å². The number of hydrogen-bond donors (Lipinski definition) is 1. The Balaban J connectivity index is 2.27. The summed E-state index contributed by atoms with van der Waals surface area (Å²) in [5, 5.41) is 3.37. The summed E-state index contributed by atoms with van der Waals surface area (Å²) in [6.07, 6.45) is 0.961. The van der Waals surface area contributed by atoms with Crippen LogP contribution < -0.4 is 5.32 Å². The molecule has 0 saturated carbocycles.